The standard InChI is InChI=1S/C28H29NO5S/c1-18-11-13-21(14-12-18)35(30,31)34-20-8-6-7-19(15-20)28-24-17-27(33-3)26(32-2)16-23(24)22-9-4-5-10-25(22)29-28/h6-8,11-17,22,25H,4-5,9-10H2,1-3H3. The topological polar surface area (TPSA) is 74.2 Å². The Hall–Kier alpha value is -3.32. The maximum atomic E-state index is 12.9. The van der Waals surface area contributed by atoms with Gasteiger partial charge in [-0.3, -0.25) is 4.99 Å². The van der Waals surface area contributed by atoms with Crippen LogP contribution in [0.2, 0.25) is 0 Å². The first-order valence-corrected chi connectivity index (χ1v) is 13.3. The van der Waals surface area contributed by atoms with E-state index in [2.05, 4.69) is 6.07 Å². The fourth-order valence-corrected chi connectivity index (χ4v) is 6.00. The van der Waals surface area contributed by atoms with E-state index in [9.17, 15) is 8.42 Å². The summed E-state index contributed by atoms with van der Waals surface area (Å²) in [5.41, 5.74) is 4.80. The van der Waals surface area contributed by atoms with Crippen molar-refractivity contribution in [3.63, 3.8) is 0 Å². The molecule has 1 heterocycles. The smallest absolute Gasteiger partial charge is 0.339 e. The van der Waals surface area contributed by atoms with Crippen molar-refractivity contribution in [1.82, 2.24) is 0 Å². The summed E-state index contributed by atoms with van der Waals surface area (Å²) in [5, 5.41) is 0. The highest BCUT2D eigenvalue weighted by molar-refractivity contribution is 7.87. The highest BCUT2D eigenvalue weighted by Crippen LogP contribution is 2.45. The number of hydrogen-bond acceptors (Lipinski definition) is 6. The third-order valence-electron chi connectivity index (χ3n) is 6.86. The zero-order valence-corrected chi connectivity index (χ0v) is 21.0. The van der Waals surface area contributed by atoms with Gasteiger partial charge in [-0.25, -0.2) is 0 Å². The minimum atomic E-state index is -3.95. The van der Waals surface area contributed by atoms with Gasteiger partial charge in [-0.1, -0.05) is 42.7 Å². The van der Waals surface area contributed by atoms with Crippen molar-refractivity contribution < 1.29 is 22.1 Å². The molecule has 2 atom stereocenters. The molecule has 3 aromatic rings. The molecule has 2 aliphatic rings. The molecule has 1 saturated carbocycles. The average molecular weight is 492 g/mol. The second kappa shape index (κ2) is 9.38. The van der Waals surface area contributed by atoms with Gasteiger partial charge in [-0.2, -0.15) is 8.42 Å². The Bertz CT molecular complexity index is 1380. The Morgan fingerprint density at radius 3 is 2.34 bits per heavy atom. The molecule has 6 nitrogen and oxygen atoms in total. The molecule has 2 unspecified atom stereocenters. The maximum Gasteiger partial charge on any atom is 0.339 e. The number of methoxy groups -OCH3 is 2. The second-order valence-electron chi connectivity index (χ2n) is 9.11. The largest absolute Gasteiger partial charge is 0.493 e. The van der Waals surface area contributed by atoms with Gasteiger partial charge in [0, 0.05) is 17.0 Å². The number of fused-ring (bicyclic) bond motifs is 3. The molecular formula is C28H29NO5S. The zero-order valence-electron chi connectivity index (χ0n) is 20.2. The summed E-state index contributed by atoms with van der Waals surface area (Å²) in [6.07, 6.45) is 4.44. The van der Waals surface area contributed by atoms with Crippen LogP contribution in [0.1, 0.15) is 53.9 Å². The minimum absolute atomic E-state index is 0.121. The quantitative estimate of drug-likeness (QED) is 0.416. The molecule has 0 bridgehead atoms. The first-order chi connectivity index (χ1) is 16.9. The number of rotatable bonds is 6. The van der Waals surface area contributed by atoms with Crippen LogP contribution in [0.3, 0.4) is 0 Å². The van der Waals surface area contributed by atoms with E-state index in [0.29, 0.717) is 17.4 Å². The van der Waals surface area contributed by atoms with Gasteiger partial charge >= 0.3 is 10.1 Å². The molecule has 35 heavy (non-hydrogen) atoms. The molecule has 5 rings (SSSR count). The van der Waals surface area contributed by atoms with Crippen LogP contribution in [0.15, 0.2) is 70.6 Å². The van der Waals surface area contributed by atoms with Crippen molar-refractivity contribution in [1.29, 1.82) is 0 Å². The third-order valence-corrected chi connectivity index (χ3v) is 8.12. The number of ether oxygens (including phenoxy) is 2. The zero-order chi connectivity index (χ0) is 24.6. The lowest BCUT2D eigenvalue weighted by Gasteiger charge is -2.35. The van der Waals surface area contributed by atoms with E-state index in [-0.39, 0.29) is 16.7 Å². The predicted molar refractivity (Wildman–Crippen MR) is 136 cm³/mol. The van der Waals surface area contributed by atoms with Gasteiger partial charge in [-0.05, 0) is 61.7 Å². The fourth-order valence-electron chi connectivity index (χ4n) is 5.08. The minimum Gasteiger partial charge on any atom is -0.493 e. The number of benzene rings is 3. The molecule has 1 aliphatic heterocycles. The first kappa shape index (κ1) is 23.4. The van der Waals surface area contributed by atoms with Gasteiger partial charge in [0.05, 0.1) is 26.0 Å². The molecule has 0 amide bonds. The molecule has 0 saturated heterocycles. The summed E-state index contributed by atoms with van der Waals surface area (Å²) in [6, 6.07) is 18.0. The molecule has 0 spiro atoms. The summed E-state index contributed by atoms with van der Waals surface area (Å²) in [6.45, 7) is 1.91. The lowest BCUT2D eigenvalue weighted by molar-refractivity contribution is 0.349. The van der Waals surface area contributed by atoms with Gasteiger partial charge in [0.2, 0.25) is 0 Å². The lowest BCUT2D eigenvalue weighted by atomic mass is 9.75. The number of aryl methyl sites for hydroxylation is 1. The van der Waals surface area contributed by atoms with E-state index in [1.54, 1.807) is 56.7 Å². The van der Waals surface area contributed by atoms with Gasteiger partial charge in [0.25, 0.3) is 0 Å². The molecular weight excluding hydrogens is 462 g/mol. The van der Waals surface area contributed by atoms with Crippen LogP contribution in [0.25, 0.3) is 0 Å². The van der Waals surface area contributed by atoms with Gasteiger partial charge < -0.3 is 13.7 Å². The molecule has 0 radical (unpaired) electrons. The number of aliphatic imine (C=N–C) groups is 1. The van der Waals surface area contributed by atoms with Crippen LogP contribution < -0.4 is 13.7 Å². The Morgan fingerprint density at radius 2 is 1.60 bits per heavy atom. The van der Waals surface area contributed by atoms with Crippen LogP contribution in [0.5, 0.6) is 17.2 Å². The highest BCUT2D eigenvalue weighted by Gasteiger charge is 2.34. The number of hydrogen-bond donors (Lipinski definition) is 0. The van der Waals surface area contributed by atoms with E-state index >= 15 is 0 Å². The van der Waals surface area contributed by atoms with Crippen LogP contribution >= 0.6 is 0 Å². The van der Waals surface area contributed by atoms with Crippen molar-refractivity contribution in [2.45, 2.75) is 49.5 Å². The normalized spacial score (nSPS) is 19.2. The lowest BCUT2D eigenvalue weighted by Crippen LogP contribution is -2.29. The van der Waals surface area contributed by atoms with E-state index in [1.807, 2.05) is 19.1 Å². The fraction of sp³-hybridized carbons (Fsp3) is 0.321. The Morgan fingerprint density at radius 1 is 0.886 bits per heavy atom. The first-order valence-electron chi connectivity index (χ1n) is 11.9. The molecule has 182 valence electrons. The SMILES string of the molecule is COc1cc2c(cc1OC)C1CCCCC1N=C2c1cccc(OS(=O)(=O)c2ccc(C)cc2)c1. The predicted octanol–water partition coefficient (Wildman–Crippen LogP) is 5.66. The van der Waals surface area contributed by atoms with Crippen LogP contribution in [-0.4, -0.2) is 34.4 Å². The summed E-state index contributed by atoms with van der Waals surface area (Å²) >= 11 is 0. The second-order valence-corrected chi connectivity index (χ2v) is 10.7. The van der Waals surface area contributed by atoms with E-state index in [1.165, 1.54) is 12.0 Å². The van der Waals surface area contributed by atoms with E-state index < -0.39 is 10.1 Å². The van der Waals surface area contributed by atoms with Crippen LogP contribution in [-0.2, 0) is 10.1 Å². The molecule has 1 aliphatic carbocycles. The summed E-state index contributed by atoms with van der Waals surface area (Å²) in [7, 11) is -0.682. The molecule has 7 heteroatoms. The van der Waals surface area contributed by atoms with Crippen LogP contribution in [0.4, 0.5) is 0 Å². The van der Waals surface area contributed by atoms with E-state index in [0.717, 1.165) is 41.7 Å². The van der Waals surface area contributed by atoms with Gasteiger partial charge in [0.15, 0.2) is 11.5 Å². The van der Waals surface area contributed by atoms with Crippen molar-refractivity contribution in [2.75, 3.05) is 14.2 Å². The Balaban J connectivity index is 1.55. The van der Waals surface area contributed by atoms with Gasteiger partial charge in [-0.15, -0.1) is 0 Å². The molecule has 1 fully saturated rings. The summed E-state index contributed by atoms with van der Waals surface area (Å²) in [5.74, 6) is 1.93. The average Bonchev–Trinajstić information content (AvgIpc) is 2.87. The van der Waals surface area contributed by atoms with Crippen molar-refractivity contribution in [3.8, 4) is 17.2 Å². The van der Waals surface area contributed by atoms with Crippen LogP contribution in [0, 0.1) is 6.92 Å². The highest BCUT2D eigenvalue weighted by atomic mass is 32.2. The van der Waals surface area contributed by atoms with Crippen molar-refractivity contribution in [3.05, 3.63) is 82.9 Å². The maximum absolute atomic E-state index is 12.9. The van der Waals surface area contributed by atoms with Crippen molar-refractivity contribution >= 4 is 15.8 Å². The Kier molecular flexibility index (Phi) is 6.28. The van der Waals surface area contributed by atoms with Gasteiger partial charge in [0.1, 0.15) is 10.6 Å². The Labute approximate surface area is 206 Å². The third kappa shape index (κ3) is 4.52. The number of nitrogens with zero attached hydrogens (tertiary/aromatic N) is 1. The molecule has 3 aromatic carbocycles. The molecule has 0 aromatic heterocycles. The summed E-state index contributed by atoms with van der Waals surface area (Å²) in [4.78, 5) is 5.29. The van der Waals surface area contributed by atoms with Crippen molar-refractivity contribution in [2.24, 2.45) is 4.99 Å². The monoisotopic (exact) mass is 491 g/mol. The summed E-state index contributed by atoms with van der Waals surface area (Å²) < 4.78 is 42.4. The van der Waals surface area contributed by atoms with E-state index in [4.69, 9.17) is 18.6 Å². The molecule has 0 N–H and O–H groups in total.